The molecule has 11 nitrogen and oxygen atoms in total. The molecule has 3 aromatic rings. The normalized spacial score (nSPS) is 20.4. The topological polar surface area (TPSA) is 144 Å². The van der Waals surface area contributed by atoms with Crippen molar-refractivity contribution in [3.05, 3.63) is 60.8 Å². The van der Waals surface area contributed by atoms with E-state index in [-0.39, 0.29) is 29.0 Å². The van der Waals surface area contributed by atoms with E-state index in [0.29, 0.717) is 38.3 Å². The quantitative estimate of drug-likeness (QED) is 0.333. The summed E-state index contributed by atoms with van der Waals surface area (Å²) < 4.78 is 69.1. The van der Waals surface area contributed by atoms with Crippen molar-refractivity contribution in [1.82, 2.24) is 14.6 Å². The van der Waals surface area contributed by atoms with Crippen molar-refractivity contribution in [2.75, 3.05) is 45.9 Å². The molecule has 1 spiro atoms. The highest BCUT2D eigenvalue weighted by atomic mass is 32.2. The molecule has 2 aliphatic heterocycles. The van der Waals surface area contributed by atoms with E-state index in [2.05, 4.69) is 10.3 Å². The molecule has 0 bridgehead atoms. The monoisotopic (exact) mass is 605 g/mol. The standard InChI is InChI=1S/C28H35N3O8S2/c1-37-20-40(33,34)25-6-2-5-24(15-25)38-19-23(32)17-30-22-16-28(39-18-22)9-12-31(13-10-28)41(35,36)26-7-8-27-21(14-26)4-3-11-29-27/h2-8,11,14-15,22-23,30,32H,9-10,12-13,16-20H2,1H3. The van der Waals surface area contributed by atoms with Crippen LogP contribution < -0.4 is 10.1 Å². The molecule has 2 atom stereocenters. The molecule has 3 heterocycles. The van der Waals surface area contributed by atoms with Gasteiger partial charge in [-0.05, 0) is 61.7 Å². The van der Waals surface area contributed by atoms with Crippen LogP contribution in [0, 0.1) is 0 Å². The Hall–Kier alpha value is -2.65. The van der Waals surface area contributed by atoms with Gasteiger partial charge in [0, 0.05) is 44.4 Å². The van der Waals surface area contributed by atoms with Crippen LogP contribution in [0.2, 0.25) is 0 Å². The molecular formula is C28H35N3O8S2. The van der Waals surface area contributed by atoms with Crippen molar-refractivity contribution in [1.29, 1.82) is 0 Å². The van der Waals surface area contributed by atoms with Gasteiger partial charge in [-0.1, -0.05) is 12.1 Å². The molecule has 2 aliphatic rings. The fourth-order valence-electron chi connectivity index (χ4n) is 5.36. The molecule has 2 unspecified atom stereocenters. The van der Waals surface area contributed by atoms with E-state index < -0.39 is 37.5 Å². The summed E-state index contributed by atoms with van der Waals surface area (Å²) >= 11 is 0. The van der Waals surface area contributed by atoms with Crippen molar-refractivity contribution in [3.8, 4) is 5.75 Å². The smallest absolute Gasteiger partial charge is 0.243 e. The van der Waals surface area contributed by atoms with E-state index in [1.165, 1.54) is 23.5 Å². The van der Waals surface area contributed by atoms with Gasteiger partial charge in [0.15, 0.2) is 5.94 Å². The lowest BCUT2D eigenvalue weighted by Gasteiger charge is -2.38. The molecule has 0 saturated carbocycles. The van der Waals surface area contributed by atoms with Gasteiger partial charge in [-0.3, -0.25) is 4.98 Å². The van der Waals surface area contributed by atoms with E-state index in [0.717, 1.165) is 17.3 Å². The minimum absolute atomic E-state index is 0.0167. The average Bonchev–Trinajstić information content (AvgIpc) is 3.37. The number of aliphatic hydroxyl groups is 1. The molecule has 0 radical (unpaired) electrons. The summed E-state index contributed by atoms with van der Waals surface area (Å²) in [5, 5.41) is 14.5. The zero-order chi connectivity index (χ0) is 29.1. The Morgan fingerprint density at radius 2 is 1.90 bits per heavy atom. The number of nitrogens with one attached hydrogen (secondary N) is 1. The van der Waals surface area contributed by atoms with E-state index in [1.54, 1.807) is 42.6 Å². The number of sulfonamides is 1. The summed E-state index contributed by atoms with van der Waals surface area (Å²) in [5.41, 5.74) is 0.355. The highest BCUT2D eigenvalue weighted by Gasteiger charge is 2.44. The molecule has 5 rings (SSSR count). The molecule has 1 aromatic heterocycles. The number of hydrogen-bond acceptors (Lipinski definition) is 10. The largest absolute Gasteiger partial charge is 0.491 e. The van der Waals surface area contributed by atoms with E-state index >= 15 is 0 Å². The predicted molar refractivity (Wildman–Crippen MR) is 152 cm³/mol. The number of benzene rings is 2. The lowest BCUT2D eigenvalue weighted by Crippen LogP contribution is -2.47. The second-order valence-corrected chi connectivity index (χ2v) is 14.4. The SMILES string of the molecule is COCS(=O)(=O)c1cccc(OCC(O)CNC2COC3(CCN(S(=O)(=O)c4ccc5ncccc5c4)CC3)C2)c1. The third-order valence-corrected chi connectivity index (χ3v) is 11.0. The van der Waals surface area contributed by atoms with Gasteiger partial charge in [0.2, 0.25) is 19.9 Å². The first-order valence-electron chi connectivity index (χ1n) is 13.5. The van der Waals surface area contributed by atoms with Crippen molar-refractivity contribution in [3.63, 3.8) is 0 Å². The van der Waals surface area contributed by atoms with Crippen LogP contribution in [0.15, 0.2) is 70.6 Å². The van der Waals surface area contributed by atoms with Crippen LogP contribution >= 0.6 is 0 Å². The van der Waals surface area contributed by atoms with Crippen LogP contribution in [0.4, 0.5) is 0 Å². The summed E-state index contributed by atoms with van der Waals surface area (Å²) in [5.74, 6) is -0.0871. The zero-order valence-corrected chi connectivity index (χ0v) is 24.4. The van der Waals surface area contributed by atoms with E-state index in [4.69, 9.17) is 14.2 Å². The Morgan fingerprint density at radius 3 is 2.68 bits per heavy atom. The highest BCUT2D eigenvalue weighted by Crippen LogP contribution is 2.37. The minimum Gasteiger partial charge on any atom is -0.491 e. The first kappa shape index (κ1) is 29.8. The molecule has 0 aliphatic carbocycles. The Bertz CT molecular complexity index is 1570. The van der Waals surface area contributed by atoms with Gasteiger partial charge >= 0.3 is 0 Å². The molecule has 2 saturated heterocycles. The van der Waals surface area contributed by atoms with Crippen LogP contribution in [-0.4, -0.2) is 94.9 Å². The number of methoxy groups -OCH3 is 1. The first-order chi connectivity index (χ1) is 19.6. The Balaban J connectivity index is 1.09. The fourth-order valence-corrected chi connectivity index (χ4v) is 7.86. The van der Waals surface area contributed by atoms with Gasteiger partial charge in [-0.15, -0.1) is 0 Å². The van der Waals surface area contributed by atoms with Crippen LogP contribution in [0.1, 0.15) is 19.3 Å². The lowest BCUT2D eigenvalue weighted by atomic mass is 9.88. The Morgan fingerprint density at radius 1 is 1.10 bits per heavy atom. The van der Waals surface area contributed by atoms with Crippen molar-refractivity contribution in [2.45, 2.75) is 46.8 Å². The summed E-state index contributed by atoms with van der Waals surface area (Å²) in [6.07, 6.45) is 2.76. The summed E-state index contributed by atoms with van der Waals surface area (Å²) in [7, 11) is -5.88. The molecule has 13 heteroatoms. The number of aromatic nitrogens is 1. The second-order valence-electron chi connectivity index (χ2n) is 10.5. The predicted octanol–water partition coefficient (Wildman–Crippen LogP) is 1.95. The molecule has 41 heavy (non-hydrogen) atoms. The maximum Gasteiger partial charge on any atom is 0.243 e. The van der Waals surface area contributed by atoms with Gasteiger partial charge in [-0.2, -0.15) is 4.31 Å². The maximum absolute atomic E-state index is 13.3. The van der Waals surface area contributed by atoms with Gasteiger partial charge in [0.05, 0.1) is 27.5 Å². The van der Waals surface area contributed by atoms with Crippen molar-refractivity contribution >= 4 is 30.8 Å². The van der Waals surface area contributed by atoms with Crippen molar-refractivity contribution in [2.24, 2.45) is 0 Å². The fraction of sp³-hybridized carbons (Fsp3) is 0.464. The lowest BCUT2D eigenvalue weighted by molar-refractivity contribution is -0.0312. The third kappa shape index (κ3) is 6.88. The van der Waals surface area contributed by atoms with Crippen LogP contribution in [0.3, 0.4) is 0 Å². The Labute approximate surface area is 240 Å². The second kappa shape index (κ2) is 12.3. The number of rotatable bonds is 11. The minimum atomic E-state index is -3.63. The number of nitrogens with zero attached hydrogens (tertiary/aromatic N) is 2. The summed E-state index contributed by atoms with van der Waals surface area (Å²) in [6.45, 7) is 1.46. The average molecular weight is 606 g/mol. The number of aliphatic hydroxyl groups excluding tert-OH is 1. The zero-order valence-electron chi connectivity index (χ0n) is 22.8. The maximum atomic E-state index is 13.3. The molecule has 2 N–H and O–H groups in total. The number of pyridine rings is 1. The van der Waals surface area contributed by atoms with Gasteiger partial charge < -0.3 is 24.6 Å². The third-order valence-electron chi connectivity index (χ3n) is 7.58. The van der Waals surface area contributed by atoms with Gasteiger partial charge in [0.25, 0.3) is 0 Å². The van der Waals surface area contributed by atoms with Gasteiger partial charge in [0.1, 0.15) is 18.5 Å². The van der Waals surface area contributed by atoms with E-state index in [1.807, 2.05) is 6.07 Å². The number of fused-ring (bicyclic) bond motifs is 1. The van der Waals surface area contributed by atoms with Crippen LogP contribution in [-0.2, 0) is 29.3 Å². The number of piperidine rings is 1. The molecule has 222 valence electrons. The number of ether oxygens (including phenoxy) is 3. The first-order valence-corrected chi connectivity index (χ1v) is 16.5. The highest BCUT2D eigenvalue weighted by molar-refractivity contribution is 7.91. The number of sulfone groups is 1. The van der Waals surface area contributed by atoms with Gasteiger partial charge in [-0.25, -0.2) is 16.8 Å². The molecular weight excluding hydrogens is 570 g/mol. The van der Waals surface area contributed by atoms with Crippen molar-refractivity contribution < 1.29 is 36.2 Å². The number of hydrogen-bond donors (Lipinski definition) is 2. The Kier molecular flexibility index (Phi) is 8.95. The molecule has 0 amide bonds. The van der Waals surface area contributed by atoms with E-state index in [9.17, 15) is 21.9 Å². The van der Waals surface area contributed by atoms with Crippen LogP contribution in [0.25, 0.3) is 10.9 Å². The van der Waals surface area contributed by atoms with Crippen LogP contribution in [0.5, 0.6) is 5.75 Å². The summed E-state index contributed by atoms with van der Waals surface area (Å²) in [4.78, 5) is 4.61. The molecule has 2 aromatic carbocycles. The summed E-state index contributed by atoms with van der Waals surface area (Å²) in [6, 6.07) is 14.7. The molecule has 2 fully saturated rings.